The zero-order valence-electron chi connectivity index (χ0n) is 24.1. The van der Waals surface area contributed by atoms with Gasteiger partial charge in [-0.1, -0.05) is 19.9 Å². The lowest BCUT2D eigenvalue weighted by atomic mass is 9.99. The molecule has 2 aliphatic rings. The Bertz CT molecular complexity index is 1490. The molecule has 3 aromatic heterocycles. The quantitative estimate of drug-likeness (QED) is 0.382. The molecule has 1 saturated heterocycles. The number of anilines is 1. The summed E-state index contributed by atoms with van der Waals surface area (Å²) in [5, 5.41) is 9.26. The molecule has 1 unspecified atom stereocenters. The van der Waals surface area contributed by atoms with Crippen molar-refractivity contribution in [1.29, 1.82) is 0 Å². The molecule has 0 spiro atoms. The highest BCUT2D eigenvalue weighted by Gasteiger charge is 2.30. The Labute approximate surface area is 230 Å². The zero-order chi connectivity index (χ0) is 27.4. The molecule has 0 saturated carbocycles. The van der Waals surface area contributed by atoms with Crippen molar-refractivity contribution in [3.05, 3.63) is 36.4 Å². The number of fused-ring (bicyclic) bond motifs is 3. The average molecular weight is 530 g/mol. The zero-order valence-corrected chi connectivity index (χ0v) is 24.1. The fourth-order valence-corrected chi connectivity index (χ4v) is 5.94. The average Bonchev–Trinajstić information content (AvgIpc) is 3.58. The number of rotatable bonds is 5. The van der Waals surface area contributed by atoms with Gasteiger partial charge in [0.15, 0.2) is 5.82 Å². The van der Waals surface area contributed by atoms with E-state index in [0.29, 0.717) is 18.6 Å². The van der Waals surface area contributed by atoms with E-state index in [4.69, 9.17) is 9.72 Å². The summed E-state index contributed by atoms with van der Waals surface area (Å²) in [5.74, 6) is 5.04. The van der Waals surface area contributed by atoms with Gasteiger partial charge in [-0.3, -0.25) is 9.58 Å². The molecule has 1 atom stereocenters. The molecule has 0 amide bonds. The smallest absolute Gasteiger partial charge is 0.178 e. The van der Waals surface area contributed by atoms with Crippen LogP contribution in [0.5, 0.6) is 5.75 Å². The van der Waals surface area contributed by atoms with Gasteiger partial charge >= 0.3 is 0 Å². The normalized spacial score (nSPS) is 17.9. The van der Waals surface area contributed by atoms with Crippen LogP contribution < -0.4 is 9.64 Å². The summed E-state index contributed by atoms with van der Waals surface area (Å²) >= 11 is 0. The summed E-state index contributed by atoms with van der Waals surface area (Å²) in [5.41, 5.74) is 4.05. The minimum Gasteiger partial charge on any atom is -0.491 e. The maximum Gasteiger partial charge on any atom is 0.178 e. The molecule has 0 aliphatic carbocycles. The number of likely N-dealkylation sites (N-methyl/N-ethyl adjacent to an activating group) is 1. The molecule has 0 radical (unpaired) electrons. The van der Waals surface area contributed by atoms with Gasteiger partial charge in [0.2, 0.25) is 0 Å². The van der Waals surface area contributed by atoms with Gasteiger partial charge < -0.3 is 14.2 Å². The highest BCUT2D eigenvalue weighted by atomic mass is 16.5. The topological polar surface area (TPSA) is 82.1 Å². The van der Waals surface area contributed by atoms with Gasteiger partial charge in [-0.25, -0.2) is 14.6 Å². The van der Waals surface area contributed by atoms with Crippen molar-refractivity contribution in [2.45, 2.75) is 53.2 Å². The van der Waals surface area contributed by atoms with Crippen molar-refractivity contribution in [1.82, 2.24) is 39.0 Å². The fourth-order valence-electron chi connectivity index (χ4n) is 5.94. The summed E-state index contributed by atoms with van der Waals surface area (Å²) < 4.78 is 12.4. The number of piperazine rings is 1. The Kier molecular flexibility index (Phi) is 6.45. The van der Waals surface area contributed by atoms with E-state index in [0.717, 1.165) is 77.6 Å². The molecule has 1 aromatic carbocycles. The first-order valence-corrected chi connectivity index (χ1v) is 14.0. The molecular weight excluding hydrogens is 490 g/mol. The van der Waals surface area contributed by atoms with E-state index in [1.807, 2.05) is 29.5 Å². The summed E-state index contributed by atoms with van der Waals surface area (Å²) in [6, 6.07) is 7.16. The molecule has 0 N–H and O–H groups in total. The van der Waals surface area contributed by atoms with Crippen LogP contribution >= 0.6 is 0 Å². The van der Waals surface area contributed by atoms with E-state index in [2.05, 4.69) is 88.7 Å². The third kappa shape index (κ3) is 4.50. The minimum atomic E-state index is 0.200. The van der Waals surface area contributed by atoms with Crippen LogP contribution in [0.15, 0.2) is 30.6 Å². The number of aryl methyl sites for hydroxylation is 2. The number of ether oxygens (including phenoxy) is 1. The van der Waals surface area contributed by atoms with Crippen LogP contribution in [-0.2, 0) is 13.6 Å². The fraction of sp³-hybridized carbons (Fsp3) is 0.517. The monoisotopic (exact) mass is 529 g/mol. The highest BCUT2D eigenvalue weighted by molar-refractivity contribution is 5.80. The predicted molar refractivity (Wildman–Crippen MR) is 153 cm³/mol. The number of aromatic nitrogens is 7. The van der Waals surface area contributed by atoms with Crippen LogP contribution in [0, 0.1) is 12.8 Å². The number of imidazole rings is 1. The number of benzene rings is 1. The Morgan fingerprint density at radius 3 is 2.56 bits per heavy atom. The van der Waals surface area contributed by atoms with Crippen LogP contribution in [0.4, 0.5) is 5.82 Å². The molecule has 1 fully saturated rings. The third-order valence-electron chi connectivity index (χ3n) is 8.03. The Hall–Kier alpha value is -3.66. The van der Waals surface area contributed by atoms with Crippen LogP contribution in [-0.4, -0.2) is 78.3 Å². The van der Waals surface area contributed by atoms with Crippen molar-refractivity contribution in [2.24, 2.45) is 13.0 Å². The first-order valence-electron chi connectivity index (χ1n) is 14.0. The van der Waals surface area contributed by atoms with E-state index in [9.17, 15) is 0 Å². The molecule has 10 heteroatoms. The maximum absolute atomic E-state index is 6.28. The lowest BCUT2D eigenvalue weighted by Crippen LogP contribution is -2.54. The lowest BCUT2D eigenvalue weighted by molar-refractivity contribution is 0.172. The first kappa shape index (κ1) is 25.6. The molecule has 4 aromatic rings. The van der Waals surface area contributed by atoms with Crippen molar-refractivity contribution in [3.8, 4) is 39.8 Å². The molecule has 5 heterocycles. The van der Waals surface area contributed by atoms with Gasteiger partial charge in [0.25, 0.3) is 0 Å². The van der Waals surface area contributed by atoms with Gasteiger partial charge in [0.05, 0.1) is 18.3 Å². The highest BCUT2D eigenvalue weighted by Crippen LogP contribution is 2.39. The minimum absolute atomic E-state index is 0.200. The second-order valence-electron chi connectivity index (χ2n) is 11.5. The number of nitrogens with zero attached hydrogens (tertiary/aromatic N) is 9. The molecule has 10 nitrogen and oxygen atoms in total. The van der Waals surface area contributed by atoms with Gasteiger partial charge in [-0.2, -0.15) is 10.2 Å². The number of hydrogen-bond donors (Lipinski definition) is 0. The molecule has 206 valence electrons. The Morgan fingerprint density at radius 1 is 0.974 bits per heavy atom. The third-order valence-corrected chi connectivity index (χ3v) is 8.03. The summed E-state index contributed by atoms with van der Waals surface area (Å²) in [4.78, 5) is 14.7. The SMILES string of the molecule is Cc1nc(-c2cn3c(n2)-c2ccc(-c4cnn(C)c4N4CCN(C)C(C(C)C)C4)cc2OCC3)n(C(C)C)n1. The molecule has 2 aliphatic heterocycles. The van der Waals surface area contributed by atoms with Crippen LogP contribution in [0.3, 0.4) is 0 Å². The predicted octanol–water partition coefficient (Wildman–Crippen LogP) is 4.27. The number of hydrogen-bond acceptors (Lipinski definition) is 7. The standard InChI is InChI=1S/C29H39N9O/c1-18(2)25-17-37(11-10-34(25)6)29-23(15-30-35(29)7)21-8-9-22-26(14-21)39-13-12-36-16-24(32-27(22)36)28-31-20(5)33-38(28)19(3)4/h8-9,14-16,18-19,25H,10-13,17H2,1-7H3. The summed E-state index contributed by atoms with van der Waals surface area (Å²) in [6.07, 6.45) is 4.05. The lowest BCUT2D eigenvalue weighted by Gasteiger charge is -2.42. The largest absolute Gasteiger partial charge is 0.491 e. The van der Waals surface area contributed by atoms with Crippen molar-refractivity contribution < 1.29 is 4.74 Å². The van der Waals surface area contributed by atoms with E-state index in [1.165, 1.54) is 0 Å². The van der Waals surface area contributed by atoms with Crippen molar-refractivity contribution >= 4 is 5.82 Å². The Balaban J connectivity index is 1.36. The Morgan fingerprint density at radius 2 is 1.79 bits per heavy atom. The van der Waals surface area contributed by atoms with E-state index in [1.54, 1.807) is 0 Å². The molecule has 0 bridgehead atoms. The van der Waals surface area contributed by atoms with E-state index >= 15 is 0 Å². The molecule has 6 rings (SSSR count). The van der Waals surface area contributed by atoms with Gasteiger partial charge in [-0.15, -0.1) is 0 Å². The molecular formula is C29H39N9O. The second-order valence-corrected chi connectivity index (χ2v) is 11.5. The summed E-state index contributed by atoms with van der Waals surface area (Å²) in [7, 11) is 4.27. The maximum atomic E-state index is 6.28. The van der Waals surface area contributed by atoms with Crippen molar-refractivity contribution in [3.63, 3.8) is 0 Å². The van der Waals surface area contributed by atoms with Crippen LogP contribution in [0.25, 0.3) is 34.0 Å². The summed E-state index contributed by atoms with van der Waals surface area (Å²) in [6.45, 7) is 15.1. The van der Waals surface area contributed by atoms with E-state index in [-0.39, 0.29) is 6.04 Å². The van der Waals surface area contributed by atoms with Crippen LogP contribution in [0.1, 0.15) is 39.6 Å². The molecule has 39 heavy (non-hydrogen) atoms. The second kappa shape index (κ2) is 9.82. The van der Waals surface area contributed by atoms with Gasteiger partial charge in [0.1, 0.15) is 35.5 Å². The first-order chi connectivity index (χ1) is 18.7. The van der Waals surface area contributed by atoms with Crippen molar-refractivity contribution in [2.75, 3.05) is 38.2 Å². The van der Waals surface area contributed by atoms with Gasteiger partial charge in [0, 0.05) is 50.5 Å². The van der Waals surface area contributed by atoms with E-state index < -0.39 is 0 Å². The van der Waals surface area contributed by atoms with Crippen LogP contribution in [0.2, 0.25) is 0 Å². The van der Waals surface area contributed by atoms with Gasteiger partial charge in [-0.05, 0) is 51.4 Å².